The number of aryl methyl sites for hydroxylation is 3. The Morgan fingerprint density at radius 3 is 2.67 bits per heavy atom. The van der Waals surface area contributed by atoms with Crippen LogP contribution in [0.3, 0.4) is 0 Å². The largest absolute Gasteiger partial charge is 0.460 e. The van der Waals surface area contributed by atoms with E-state index < -0.39 is 5.97 Å². The van der Waals surface area contributed by atoms with Gasteiger partial charge in [0.05, 0.1) is 22.2 Å². The summed E-state index contributed by atoms with van der Waals surface area (Å²) in [5.74, 6) is 0.221. The molecular formula is C11H14N4O2S. The van der Waals surface area contributed by atoms with Gasteiger partial charge in [0.1, 0.15) is 0 Å². The molecule has 0 N–H and O–H groups in total. The van der Waals surface area contributed by atoms with Crippen LogP contribution in [0.5, 0.6) is 0 Å². The average Bonchev–Trinajstić information content (AvgIpc) is 2.82. The SMILES string of the molecule is CCOC(=O)c1nc(-c2sc(C)nc2C)n(C)n1. The molecule has 0 spiro atoms. The van der Waals surface area contributed by atoms with Crippen LogP contribution in [-0.2, 0) is 11.8 Å². The van der Waals surface area contributed by atoms with Gasteiger partial charge >= 0.3 is 5.97 Å². The second kappa shape index (κ2) is 4.85. The van der Waals surface area contributed by atoms with Crippen LogP contribution in [0, 0.1) is 13.8 Å². The number of thiazole rings is 1. The maximum absolute atomic E-state index is 11.6. The zero-order valence-corrected chi connectivity index (χ0v) is 11.5. The fourth-order valence-corrected chi connectivity index (χ4v) is 2.54. The quantitative estimate of drug-likeness (QED) is 0.791. The molecular weight excluding hydrogens is 252 g/mol. The van der Waals surface area contributed by atoms with Gasteiger partial charge in [0.25, 0.3) is 5.82 Å². The molecule has 0 fully saturated rings. The average molecular weight is 266 g/mol. The van der Waals surface area contributed by atoms with E-state index in [2.05, 4.69) is 15.1 Å². The number of hydrogen-bond donors (Lipinski definition) is 0. The van der Waals surface area contributed by atoms with Crippen molar-refractivity contribution in [2.75, 3.05) is 6.61 Å². The lowest BCUT2D eigenvalue weighted by atomic mass is 10.4. The van der Waals surface area contributed by atoms with Crippen LogP contribution >= 0.6 is 11.3 Å². The van der Waals surface area contributed by atoms with Crippen molar-refractivity contribution < 1.29 is 9.53 Å². The third kappa shape index (κ3) is 2.26. The summed E-state index contributed by atoms with van der Waals surface area (Å²) in [5, 5.41) is 5.03. The maximum Gasteiger partial charge on any atom is 0.378 e. The van der Waals surface area contributed by atoms with Crippen molar-refractivity contribution >= 4 is 17.3 Å². The molecule has 0 atom stereocenters. The first-order valence-electron chi connectivity index (χ1n) is 5.55. The molecule has 0 bridgehead atoms. The third-order valence-electron chi connectivity index (χ3n) is 2.33. The summed E-state index contributed by atoms with van der Waals surface area (Å²) in [6.45, 7) is 5.91. The lowest BCUT2D eigenvalue weighted by Crippen LogP contribution is -2.07. The van der Waals surface area contributed by atoms with Gasteiger partial charge in [-0.2, -0.15) is 4.98 Å². The van der Waals surface area contributed by atoms with Gasteiger partial charge in [-0.15, -0.1) is 16.4 Å². The Balaban J connectivity index is 2.41. The predicted molar refractivity (Wildman–Crippen MR) is 67.5 cm³/mol. The second-order valence-electron chi connectivity index (χ2n) is 3.75. The highest BCUT2D eigenvalue weighted by atomic mass is 32.1. The first kappa shape index (κ1) is 12.7. The number of rotatable bonds is 3. The molecule has 0 amide bonds. The summed E-state index contributed by atoms with van der Waals surface area (Å²) in [5.41, 5.74) is 0.892. The first-order valence-corrected chi connectivity index (χ1v) is 6.37. The van der Waals surface area contributed by atoms with Gasteiger partial charge in [0, 0.05) is 7.05 Å². The summed E-state index contributed by atoms with van der Waals surface area (Å²) < 4.78 is 6.45. The molecule has 0 aliphatic rings. The van der Waals surface area contributed by atoms with Gasteiger partial charge in [0.2, 0.25) is 0 Å². The lowest BCUT2D eigenvalue weighted by Gasteiger charge is -1.95. The molecule has 0 saturated carbocycles. The molecule has 0 radical (unpaired) electrons. The van der Waals surface area contributed by atoms with Crippen molar-refractivity contribution in [2.24, 2.45) is 7.05 Å². The minimum atomic E-state index is -0.502. The highest BCUT2D eigenvalue weighted by Gasteiger charge is 2.19. The summed E-state index contributed by atoms with van der Waals surface area (Å²) in [4.78, 5) is 21.0. The monoisotopic (exact) mass is 266 g/mol. The molecule has 2 rings (SSSR count). The number of aromatic nitrogens is 4. The van der Waals surface area contributed by atoms with Crippen molar-refractivity contribution in [2.45, 2.75) is 20.8 Å². The lowest BCUT2D eigenvalue weighted by molar-refractivity contribution is 0.0512. The Labute approximate surface area is 109 Å². The molecule has 0 aliphatic heterocycles. The molecule has 96 valence electrons. The molecule has 0 saturated heterocycles. The summed E-state index contributed by atoms with van der Waals surface area (Å²) in [6.07, 6.45) is 0. The van der Waals surface area contributed by atoms with Gasteiger partial charge in [-0.1, -0.05) is 0 Å². The van der Waals surface area contributed by atoms with Crippen LogP contribution in [0.25, 0.3) is 10.7 Å². The van der Waals surface area contributed by atoms with E-state index in [1.54, 1.807) is 18.7 Å². The molecule has 2 aromatic rings. The Morgan fingerprint density at radius 1 is 1.39 bits per heavy atom. The Morgan fingerprint density at radius 2 is 2.11 bits per heavy atom. The van der Waals surface area contributed by atoms with Crippen molar-refractivity contribution in [1.29, 1.82) is 0 Å². The highest BCUT2D eigenvalue weighted by molar-refractivity contribution is 7.15. The van der Waals surface area contributed by atoms with Crippen LogP contribution in [-0.4, -0.2) is 32.3 Å². The molecule has 0 aromatic carbocycles. The number of esters is 1. The van der Waals surface area contributed by atoms with Crippen LogP contribution in [0.15, 0.2) is 0 Å². The maximum atomic E-state index is 11.6. The second-order valence-corrected chi connectivity index (χ2v) is 4.95. The van der Waals surface area contributed by atoms with E-state index in [0.29, 0.717) is 12.4 Å². The number of carbonyl (C=O) groups excluding carboxylic acids is 1. The van der Waals surface area contributed by atoms with Crippen molar-refractivity contribution in [1.82, 2.24) is 19.7 Å². The van der Waals surface area contributed by atoms with Crippen molar-refractivity contribution in [3.05, 3.63) is 16.5 Å². The van der Waals surface area contributed by atoms with Crippen molar-refractivity contribution in [3.8, 4) is 10.7 Å². The summed E-state index contributed by atoms with van der Waals surface area (Å²) >= 11 is 1.53. The topological polar surface area (TPSA) is 69.9 Å². The van der Waals surface area contributed by atoms with E-state index >= 15 is 0 Å². The molecule has 0 unspecified atom stereocenters. The van der Waals surface area contributed by atoms with Gasteiger partial charge in [-0.25, -0.2) is 14.5 Å². The summed E-state index contributed by atoms with van der Waals surface area (Å²) in [6, 6.07) is 0. The van der Waals surface area contributed by atoms with Crippen LogP contribution in [0.1, 0.15) is 28.2 Å². The van der Waals surface area contributed by atoms with E-state index in [4.69, 9.17) is 4.74 Å². The zero-order valence-electron chi connectivity index (χ0n) is 10.7. The zero-order chi connectivity index (χ0) is 13.3. The highest BCUT2D eigenvalue weighted by Crippen LogP contribution is 2.27. The summed E-state index contributed by atoms with van der Waals surface area (Å²) in [7, 11) is 1.75. The fourth-order valence-electron chi connectivity index (χ4n) is 1.60. The van der Waals surface area contributed by atoms with Crippen molar-refractivity contribution in [3.63, 3.8) is 0 Å². The van der Waals surface area contributed by atoms with E-state index in [-0.39, 0.29) is 5.82 Å². The molecule has 2 aromatic heterocycles. The van der Waals surface area contributed by atoms with E-state index in [9.17, 15) is 4.79 Å². The van der Waals surface area contributed by atoms with Crippen LogP contribution in [0.2, 0.25) is 0 Å². The molecule has 0 aliphatic carbocycles. The Bertz CT molecular complexity index is 588. The number of carbonyl (C=O) groups is 1. The minimum Gasteiger partial charge on any atom is -0.460 e. The Hall–Kier alpha value is -1.76. The molecule has 18 heavy (non-hydrogen) atoms. The number of ether oxygens (including phenoxy) is 1. The normalized spacial score (nSPS) is 10.7. The van der Waals surface area contributed by atoms with Gasteiger partial charge in [-0.3, -0.25) is 0 Å². The molecule has 6 nitrogen and oxygen atoms in total. The molecule has 7 heteroatoms. The van der Waals surface area contributed by atoms with E-state index in [0.717, 1.165) is 15.6 Å². The minimum absolute atomic E-state index is 0.0832. The Kier molecular flexibility index (Phi) is 3.42. The van der Waals surface area contributed by atoms with Gasteiger partial charge in [-0.05, 0) is 20.8 Å². The predicted octanol–water partition coefficient (Wildman–Crippen LogP) is 1.73. The van der Waals surface area contributed by atoms with Gasteiger partial charge in [0.15, 0.2) is 5.82 Å². The van der Waals surface area contributed by atoms with Crippen LogP contribution in [0.4, 0.5) is 0 Å². The first-order chi connectivity index (χ1) is 8.52. The standard InChI is InChI=1S/C11H14N4O2S/c1-5-17-11(16)9-13-10(15(4)14-9)8-6(2)12-7(3)18-8/h5H2,1-4H3. The van der Waals surface area contributed by atoms with Crippen LogP contribution < -0.4 is 0 Å². The smallest absolute Gasteiger partial charge is 0.378 e. The van der Waals surface area contributed by atoms with E-state index in [1.165, 1.54) is 11.3 Å². The molecule has 2 heterocycles. The van der Waals surface area contributed by atoms with Gasteiger partial charge < -0.3 is 4.74 Å². The van der Waals surface area contributed by atoms with E-state index in [1.807, 2.05) is 13.8 Å². The number of nitrogens with zero attached hydrogens (tertiary/aromatic N) is 4. The number of hydrogen-bond acceptors (Lipinski definition) is 6. The third-order valence-corrected chi connectivity index (χ3v) is 3.40. The fraction of sp³-hybridized carbons (Fsp3) is 0.455.